The molecule has 0 saturated carbocycles. The van der Waals surface area contributed by atoms with Gasteiger partial charge >= 0.3 is 5.97 Å². The Labute approximate surface area is 174 Å². The molecule has 3 aromatic rings. The molecule has 0 N–H and O–H groups in total. The van der Waals surface area contributed by atoms with E-state index >= 15 is 0 Å². The Hall–Kier alpha value is -3.17. The molecule has 0 unspecified atom stereocenters. The van der Waals surface area contributed by atoms with Crippen LogP contribution in [0.4, 0.5) is 0 Å². The van der Waals surface area contributed by atoms with E-state index in [1.807, 2.05) is 12.1 Å². The number of benzene rings is 1. The predicted molar refractivity (Wildman–Crippen MR) is 114 cm³/mol. The molecule has 6 heteroatoms. The van der Waals surface area contributed by atoms with Gasteiger partial charge in [0.2, 0.25) is 0 Å². The minimum absolute atomic E-state index is 0.0816. The van der Waals surface area contributed by atoms with Gasteiger partial charge in [0.15, 0.2) is 6.61 Å². The van der Waals surface area contributed by atoms with Crippen molar-refractivity contribution >= 4 is 17.3 Å². The maximum Gasteiger partial charge on any atom is 0.348 e. The van der Waals surface area contributed by atoms with Gasteiger partial charge < -0.3 is 9.47 Å². The highest BCUT2D eigenvalue weighted by atomic mass is 32.1. The number of nitriles is 1. The second kappa shape index (κ2) is 8.46. The SMILES string of the molecule is COC(=O)c1ccc(-c2ncc(-c3ccc(C(C)(C)C)cc3)cc2OCC#N)s1. The number of hydrogen-bond acceptors (Lipinski definition) is 6. The van der Waals surface area contributed by atoms with Crippen LogP contribution < -0.4 is 4.74 Å². The lowest BCUT2D eigenvalue weighted by molar-refractivity contribution is 0.0606. The number of pyridine rings is 1. The fourth-order valence-electron chi connectivity index (χ4n) is 2.85. The van der Waals surface area contributed by atoms with Crippen molar-refractivity contribution in [1.82, 2.24) is 4.98 Å². The third-order valence-electron chi connectivity index (χ3n) is 4.46. The summed E-state index contributed by atoms with van der Waals surface area (Å²) in [5.74, 6) is 0.110. The number of aromatic nitrogens is 1. The van der Waals surface area contributed by atoms with Gasteiger partial charge in [-0.1, -0.05) is 45.0 Å². The maximum absolute atomic E-state index is 11.7. The van der Waals surface area contributed by atoms with Gasteiger partial charge in [0.1, 0.15) is 22.4 Å². The van der Waals surface area contributed by atoms with Gasteiger partial charge in [-0.25, -0.2) is 4.79 Å². The first-order valence-corrected chi connectivity index (χ1v) is 9.94. The summed E-state index contributed by atoms with van der Waals surface area (Å²) in [7, 11) is 1.35. The van der Waals surface area contributed by atoms with E-state index in [0.29, 0.717) is 16.3 Å². The van der Waals surface area contributed by atoms with Gasteiger partial charge in [-0.05, 0) is 34.7 Å². The number of rotatable bonds is 5. The smallest absolute Gasteiger partial charge is 0.348 e. The third kappa shape index (κ3) is 4.64. The van der Waals surface area contributed by atoms with E-state index in [1.54, 1.807) is 18.3 Å². The molecule has 148 valence electrons. The van der Waals surface area contributed by atoms with Gasteiger partial charge in [0.25, 0.3) is 0 Å². The Balaban J connectivity index is 1.99. The number of nitrogens with zero attached hydrogens (tertiary/aromatic N) is 2. The second-order valence-corrected chi connectivity index (χ2v) is 8.58. The Morgan fingerprint density at radius 3 is 2.48 bits per heavy atom. The lowest BCUT2D eigenvalue weighted by Crippen LogP contribution is -2.10. The van der Waals surface area contributed by atoms with Crippen molar-refractivity contribution in [2.75, 3.05) is 13.7 Å². The van der Waals surface area contributed by atoms with Crippen molar-refractivity contribution in [2.45, 2.75) is 26.2 Å². The zero-order chi connectivity index (χ0) is 21.0. The summed E-state index contributed by atoms with van der Waals surface area (Å²) in [5, 5.41) is 8.94. The molecule has 0 fully saturated rings. The zero-order valence-corrected chi connectivity index (χ0v) is 17.7. The summed E-state index contributed by atoms with van der Waals surface area (Å²) in [4.78, 5) is 17.6. The number of esters is 1. The van der Waals surface area contributed by atoms with Crippen LogP contribution in [0.5, 0.6) is 5.75 Å². The number of methoxy groups -OCH3 is 1. The van der Waals surface area contributed by atoms with Crippen LogP contribution in [0.3, 0.4) is 0 Å². The van der Waals surface area contributed by atoms with E-state index in [2.05, 4.69) is 50.0 Å². The van der Waals surface area contributed by atoms with Crippen molar-refractivity contribution in [2.24, 2.45) is 0 Å². The number of carbonyl (C=O) groups excluding carboxylic acids is 1. The highest BCUT2D eigenvalue weighted by Gasteiger charge is 2.17. The lowest BCUT2D eigenvalue weighted by Gasteiger charge is -2.19. The number of hydrogen-bond donors (Lipinski definition) is 0. The molecule has 0 spiro atoms. The fourth-order valence-corrected chi connectivity index (χ4v) is 3.77. The van der Waals surface area contributed by atoms with Crippen LogP contribution in [0, 0.1) is 11.3 Å². The first kappa shape index (κ1) is 20.6. The Kier molecular flexibility index (Phi) is 6.00. The van der Waals surface area contributed by atoms with Crippen molar-refractivity contribution in [3.8, 4) is 33.5 Å². The third-order valence-corrected chi connectivity index (χ3v) is 5.53. The average Bonchev–Trinajstić information content (AvgIpc) is 3.21. The topological polar surface area (TPSA) is 72.2 Å². The van der Waals surface area contributed by atoms with Crippen molar-refractivity contribution in [1.29, 1.82) is 5.26 Å². The molecule has 0 aliphatic heterocycles. The molecular formula is C23H22N2O3S. The van der Waals surface area contributed by atoms with Crippen molar-refractivity contribution in [3.05, 3.63) is 59.1 Å². The summed E-state index contributed by atoms with van der Waals surface area (Å²) >= 11 is 1.27. The van der Waals surface area contributed by atoms with Crippen molar-refractivity contribution in [3.63, 3.8) is 0 Å². The van der Waals surface area contributed by atoms with Crippen LogP contribution in [-0.4, -0.2) is 24.7 Å². The van der Waals surface area contributed by atoms with Gasteiger partial charge in [0, 0.05) is 11.8 Å². The highest BCUT2D eigenvalue weighted by Crippen LogP contribution is 2.36. The van der Waals surface area contributed by atoms with Crippen LogP contribution in [0.15, 0.2) is 48.7 Å². The Bertz CT molecular complexity index is 1060. The second-order valence-electron chi connectivity index (χ2n) is 7.50. The molecule has 0 radical (unpaired) electrons. The summed E-state index contributed by atoms with van der Waals surface area (Å²) < 4.78 is 10.4. The maximum atomic E-state index is 11.7. The predicted octanol–water partition coefficient (Wildman–Crippen LogP) is 5.46. The largest absolute Gasteiger partial charge is 0.476 e. The standard InChI is InChI=1S/C23H22N2O3S/c1-23(2,3)17-7-5-15(6-8-17)16-13-18(28-12-11-24)21(25-14-16)19-9-10-20(29-19)22(26)27-4/h5-10,13-14H,12H2,1-4H3. The quantitative estimate of drug-likeness (QED) is 0.526. The van der Waals surface area contributed by atoms with E-state index in [1.165, 1.54) is 24.0 Å². The molecule has 3 rings (SSSR count). The molecule has 29 heavy (non-hydrogen) atoms. The lowest BCUT2D eigenvalue weighted by atomic mass is 9.86. The van der Waals surface area contributed by atoms with Crippen LogP contribution in [-0.2, 0) is 10.2 Å². The summed E-state index contributed by atoms with van der Waals surface area (Å²) in [6.07, 6.45) is 1.78. The minimum atomic E-state index is -0.392. The highest BCUT2D eigenvalue weighted by molar-refractivity contribution is 7.17. The van der Waals surface area contributed by atoms with Crippen LogP contribution in [0.2, 0.25) is 0 Å². The molecule has 0 aliphatic rings. The van der Waals surface area contributed by atoms with Crippen LogP contribution >= 0.6 is 11.3 Å². The molecule has 0 amide bonds. The molecule has 1 aromatic carbocycles. The molecule has 2 heterocycles. The number of thiophene rings is 1. The van der Waals surface area contributed by atoms with E-state index in [9.17, 15) is 4.79 Å². The van der Waals surface area contributed by atoms with E-state index in [0.717, 1.165) is 16.0 Å². The zero-order valence-electron chi connectivity index (χ0n) is 16.9. The molecule has 5 nitrogen and oxygen atoms in total. The molecule has 0 atom stereocenters. The van der Waals surface area contributed by atoms with E-state index in [-0.39, 0.29) is 12.0 Å². The first-order chi connectivity index (χ1) is 13.8. The monoisotopic (exact) mass is 406 g/mol. The van der Waals surface area contributed by atoms with Crippen molar-refractivity contribution < 1.29 is 14.3 Å². The average molecular weight is 407 g/mol. The van der Waals surface area contributed by atoms with E-state index in [4.69, 9.17) is 14.7 Å². The van der Waals surface area contributed by atoms with Crippen LogP contribution in [0.1, 0.15) is 36.0 Å². The Morgan fingerprint density at radius 1 is 1.14 bits per heavy atom. The summed E-state index contributed by atoms with van der Waals surface area (Å²) in [6, 6.07) is 15.7. The molecule has 0 saturated heterocycles. The molecule has 2 aromatic heterocycles. The number of ether oxygens (including phenoxy) is 2. The van der Waals surface area contributed by atoms with Gasteiger partial charge in [0.05, 0.1) is 12.0 Å². The molecular weight excluding hydrogens is 384 g/mol. The van der Waals surface area contributed by atoms with Gasteiger partial charge in [-0.2, -0.15) is 5.26 Å². The minimum Gasteiger partial charge on any atom is -0.476 e. The Morgan fingerprint density at radius 2 is 1.86 bits per heavy atom. The van der Waals surface area contributed by atoms with Gasteiger partial charge in [-0.15, -0.1) is 11.3 Å². The molecule has 0 aliphatic carbocycles. The number of carbonyl (C=O) groups is 1. The van der Waals surface area contributed by atoms with E-state index < -0.39 is 5.97 Å². The summed E-state index contributed by atoms with van der Waals surface area (Å²) in [6.45, 7) is 6.44. The van der Waals surface area contributed by atoms with Crippen LogP contribution in [0.25, 0.3) is 21.7 Å². The summed E-state index contributed by atoms with van der Waals surface area (Å²) in [5.41, 5.74) is 3.83. The normalized spacial score (nSPS) is 11.0. The first-order valence-electron chi connectivity index (χ1n) is 9.12. The molecule has 0 bridgehead atoms. The van der Waals surface area contributed by atoms with Gasteiger partial charge in [-0.3, -0.25) is 4.98 Å². The fraction of sp³-hybridized carbons (Fsp3) is 0.261.